The summed E-state index contributed by atoms with van der Waals surface area (Å²) in [6.07, 6.45) is 0. The lowest BCUT2D eigenvalue weighted by Gasteiger charge is -2.02. The highest BCUT2D eigenvalue weighted by molar-refractivity contribution is 7.19. The molecular formula is C12H10ClNO3S. The molecule has 0 atom stereocenters. The number of halogens is 1. The maximum Gasteiger partial charge on any atom is 0.356 e. The van der Waals surface area contributed by atoms with Crippen molar-refractivity contribution in [2.45, 2.75) is 6.92 Å². The Morgan fingerprint density at radius 1 is 1.44 bits per heavy atom. The second-order valence-electron chi connectivity index (χ2n) is 3.40. The van der Waals surface area contributed by atoms with Crippen molar-refractivity contribution in [3.63, 3.8) is 0 Å². The van der Waals surface area contributed by atoms with E-state index in [0.29, 0.717) is 11.6 Å². The zero-order chi connectivity index (χ0) is 13.1. The highest BCUT2D eigenvalue weighted by Gasteiger charge is 2.16. The molecule has 0 fully saturated rings. The summed E-state index contributed by atoms with van der Waals surface area (Å²) in [7, 11) is 0. The Morgan fingerprint density at radius 3 is 2.61 bits per heavy atom. The lowest BCUT2D eigenvalue weighted by Crippen LogP contribution is -1.96. The lowest BCUT2D eigenvalue weighted by atomic mass is 10.2. The van der Waals surface area contributed by atoms with Gasteiger partial charge in [-0.1, -0.05) is 11.6 Å². The van der Waals surface area contributed by atoms with E-state index in [4.69, 9.17) is 21.4 Å². The van der Waals surface area contributed by atoms with Crippen LogP contribution < -0.4 is 4.74 Å². The van der Waals surface area contributed by atoms with Crippen molar-refractivity contribution in [2.75, 3.05) is 6.61 Å². The van der Waals surface area contributed by atoms with Crippen molar-refractivity contribution in [2.24, 2.45) is 0 Å². The fraction of sp³-hybridized carbons (Fsp3) is 0.167. The molecule has 0 amide bonds. The van der Waals surface area contributed by atoms with Crippen molar-refractivity contribution in [1.29, 1.82) is 0 Å². The standard InChI is InChI=1S/C12H10ClNO3S/c1-2-17-8-5-3-7(4-6-8)11-14-9(12(15)16)10(13)18-11/h3-6H,2H2,1H3,(H,15,16). The SMILES string of the molecule is CCOc1ccc(-c2nc(C(=O)O)c(Cl)s2)cc1. The molecule has 0 unspecified atom stereocenters. The predicted octanol–water partition coefficient (Wildman–Crippen LogP) is 3.56. The van der Waals surface area contributed by atoms with Crippen LogP contribution in [0.5, 0.6) is 5.75 Å². The van der Waals surface area contributed by atoms with E-state index in [-0.39, 0.29) is 10.0 Å². The third-order valence-electron chi connectivity index (χ3n) is 2.20. The highest BCUT2D eigenvalue weighted by Crippen LogP contribution is 2.32. The number of rotatable bonds is 4. The molecule has 1 aromatic carbocycles. The quantitative estimate of drug-likeness (QED) is 0.932. The average Bonchev–Trinajstić information content (AvgIpc) is 2.73. The van der Waals surface area contributed by atoms with Crippen LogP contribution in [0.1, 0.15) is 17.4 Å². The molecule has 94 valence electrons. The Bertz CT molecular complexity index is 565. The van der Waals surface area contributed by atoms with Gasteiger partial charge < -0.3 is 9.84 Å². The smallest absolute Gasteiger partial charge is 0.356 e. The Morgan fingerprint density at radius 2 is 2.11 bits per heavy atom. The normalized spacial score (nSPS) is 10.3. The zero-order valence-electron chi connectivity index (χ0n) is 9.51. The first-order chi connectivity index (χ1) is 8.61. The van der Waals surface area contributed by atoms with Gasteiger partial charge in [-0.2, -0.15) is 0 Å². The van der Waals surface area contributed by atoms with E-state index >= 15 is 0 Å². The first-order valence-electron chi connectivity index (χ1n) is 5.24. The molecule has 0 aliphatic rings. The van der Waals surface area contributed by atoms with Gasteiger partial charge in [-0.15, -0.1) is 11.3 Å². The largest absolute Gasteiger partial charge is 0.494 e. The second-order valence-corrected chi connectivity index (χ2v) is 5.01. The molecule has 0 bridgehead atoms. The van der Waals surface area contributed by atoms with Crippen molar-refractivity contribution in [3.05, 3.63) is 34.3 Å². The van der Waals surface area contributed by atoms with Gasteiger partial charge in [-0.25, -0.2) is 9.78 Å². The number of benzene rings is 1. The van der Waals surface area contributed by atoms with Crippen LogP contribution in [-0.2, 0) is 0 Å². The van der Waals surface area contributed by atoms with Gasteiger partial charge in [0.25, 0.3) is 0 Å². The fourth-order valence-electron chi connectivity index (χ4n) is 1.42. The van der Waals surface area contributed by atoms with E-state index in [1.807, 2.05) is 31.2 Å². The first-order valence-corrected chi connectivity index (χ1v) is 6.44. The molecule has 1 N–H and O–H groups in total. The fourth-order valence-corrected chi connectivity index (χ4v) is 2.55. The molecule has 1 heterocycles. The molecule has 0 spiro atoms. The molecule has 0 saturated heterocycles. The molecule has 2 aromatic rings. The minimum atomic E-state index is -1.12. The van der Waals surface area contributed by atoms with Crippen molar-refractivity contribution >= 4 is 28.9 Å². The van der Waals surface area contributed by atoms with Gasteiger partial charge in [0.15, 0.2) is 5.69 Å². The molecule has 2 rings (SSSR count). The summed E-state index contributed by atoms with van der Waals surface area (Å²) >= 11 is 6.97. The van der Waals surface area contributed by atoms with Crippen LogP contribution in [0.15, 0.2) is 24.3 Å². The topological polar surface area (TPSA) is 59.4 Å². The molecule has 6 heteroatoms. The van der Waals surface area contributed by atoms with Crippen LogP contribution in [0.2, 0.25) is 4.34 Å². The third kappa shape index (κ3) is 2.63. The Labute approximate surface area is 113 Å². The van der Waals surface area contributed by atoms with Gasteiger partial charge in [0.2, 0.25) is 0 Å². The second kappa shape index (κ2) is 5.37. The van der Waals surface area contributed by atoms with Gasteiger partial charge >= 0.3 is 5.97 Å². The van der Waals surface area contributed by atoms with E-state index in [1.165, 1.54) is 0 Å². The zero-order valence-corrected chi connectivity index (χ0v) is 11.1. The minimum absolute atomic E-state index is 0.106. The summed E-state index contributed by atoms with van der Waals surface area (Å²) < 4.78 is 5.51. The number of thiazole rings is 1. The number of hydrogen-bond donors (Lipinski definition) is 1. The van der Waals surface area contributed by atoms with Crippen LogP contribution >= 0.6 is 22.9 Å². The maximum atomic E-state index is 10.8. The van der Waals surface area contributed by atoms with E-state index in [1.54, 1.807) is 0 Å². The number of carboxylic acid groups (broad SMARTS) is 1. The molecule has 0 aliphatic carbocycles. The van der Waals surface area contributed by atoms with E-state index in [2.05, 4.69) is 4.98 Å². The van der Waals surface area contributed by atoms with Gasteiger partial charge in [0.1, 0.15) is 15.1 Å². The number of nitrogens with zero attached hydrogens (tertiary/aromatic N) is 1. The summed E-state index contributed by atoms with van der Waals surface area (Å²) in [4.78, 5) is 14.8. The third-order valence-corrected chi connectivity index (χ3v) is 3.50. The van der Waals surface area contributed by atoms with Crippen LogP contribution in [0.3, 0.4) is 0 Å². The van der Waals surface area contributed by atoms with Gasteiger partial charge in [-0.3, -0.25) is 0 Å². The summed E-state index contributed by atoms with van der Waals surface area (Å²) in [6.45, 7) is 2.51. The highest BCUT2D eigenvalue weighted by atomic mass is 35.5. The Hall–Kier alpha value is -1.59. The number of ether oxygens (including phenoxy) is 1. The summed E-state index contributed by atoms with van der Waals surface area (Å²) in [5.74, 6) is -0.351. The Balaban J connectivity index is 2.31. The number of carbonyl (C=O) groups is 1. The molecule has 1 aromatic heterocycles. The maximum absolute atomic E-state index is 10.8. The number of aromatic carboxylic acids is 1. The van der Waals surface area contributed by atoms with Crippen molar-refractivity contribution < 1.29 is 14.6 Å². The molecule has 18 heavy (non-hydrogen) atoms. The molecular weight excluding hydrogens is 274 g/mol. The Kier molecular flexibility index (Phi) is 3.84. The molecule has 0 aliphatic heterocycles. The predicted molar refractivity (Wildman–Crippen MR) is 70.7 cm³/mol. The lowest BCUT2D eigenvalue weighted by molar-refractivity contribution is 0.0691. The monoisotopic (exact) mass is 283 g/mol. The van der Waals surface area contributed by atoms with E-state index in [0.717, 1.165) is 22.6 Å². The van der Waals surface area contributed by atoms with Gasteiger partial charge in [-0.05, 0) is 31.2 Å². The molecule has 0 radical (unpaired) electrons. The van der Waals surface area contributed by atoms with Crippen LogP contribution in [0.4, 0.5) is 0 Å². The summed E-state index contributed by atoms with van der Waals surface area (Å²) in [5, 5.41) is 9.46. The van der Waals surface area contributed by atoms with Crippen LogP contribution in [-0.4, -0.2) is 22.7 Å². The van der Waals surface area contributed by atoms with E-state index in [9.17, 15) is 4.79 Å². The summed E-state index contributed by atoms with van der Waals surface area (Å²) in [6, 6.07) is 7.28. The van der Waals surface area contributed by atoms with Crippen LogP contribution in [0.25, 0.3) is 10.6 Å². The number of aromatic nitrogens is 1. The minimum Gasteiger partial charge on any atom is -0.494 e. The average molecular weight is 284 g/mol. The molecule has 0 saturated carbocycles. The van der Waals surface area contributed by atoms with Gasteiger partial charge in [0, 0.05) is 5.56 Å². The van der Waals surface area contributed by atoms with Gasteiger partial charge in [0.05, 0.1) is 6.61 Å². The first kappa shape index (κ1) is 12.9. The summed E-state index contributed by atoms with van der Waals surface area (Å²) in [5.41, 5.74) is 0.711. The van der Waals surface area contributed by atoms with Crippen molar-refractivity contribution in [1.82, 2.24) is 4.98 Å². The molecule has 4 nitrogen and oxygen atoms in total. The number of carboxylic acids is 1. The van der Waals surface area contributed by atoms with Crippen LogP contribution in [0, 0.1) is 0 Å². The van der Waals surface area contributed by atoms with E-state index < -0.39 is 5.97 Å². The van der Waals surface area contributed by atoms with Crippen molar-refractivity contribution in [3.8, 4) is 16.3 Å². The number of hydrogen-bond acceptors (Lipinski definition) is 4.